The normalized spacial score (nSPS) is 12.3. The molecule has 4 nitrogen and oxygen atoms in total. The maximum atomic E-state index is 13.4. The van der Waals surface area contributed by atoms with E-state index in [-0.39, 0.29) is 5.02 Å². The smallest absolute Gasteiger partial charge is 0.144 e. The first-order valence-electron chi connectivity index (χ1n) is 5.16. The topological polar surface area (TPSA) is 39.9 Å². The van der Waals surface area contributed by atoms with E-state index >= 15 is 0 Å². The summed E-state index contributed by atoms with van der Waals surface area (Å²) in [5.41, 5.74) is 0.789. The van der Waals surface area contributed by atoms with Gasteiger partial charge in [0.25, 0.3) is 0 Å². The first-order chi connectivity index (χ1) is 7.93. The Hall–Kier alpha value is -1.20. The Labute approximate surface area is 103 Å². The van der Waals surface area contributed by atoms with E-state index in [1.54, 1.807) is 11.8 Å². The Morgan fingerprint density at radius 1 is 1.47 bits per heavy atom. The van der Waals surface area contributed by atoms with Crippen LogP contribution in [0.25, 0.3) is 11.0 Å². The molecule has 1 heterocycles. The highest BCUT2D eigenvalue weighted by molar-refractivity contribution is 6.31. The zero-order valence-electron chi connectivity index (χ0n) is 9.87. The fourth-order valence-corrected chi connectivity index (χ4v) is 1.66. The van der Waals surface area contributed by atoms with E-state index in [9.17, 15) is 4.39 Å². The fourth-order valence-electron chi connectivity index (χ4n) is 1.51. The van der Waals surface area contributed by atoms with Gasteiger partial charge in [-0.3, -0.25) is 0 Å². The minimum absolute atomic E-state index is 0.0514. The average Bonchev–Trinajstić information content (AvgIpc) is 2.62. The number of benzene rings is 1. The molecule has 0 saturated heterocycles. The fraction of sp³-hybridized carbons (Fsp3) is 0.455. The summed E-state index contributed by atoms with van der Waals surface area (Å²) in [5, 5.41) is 7.97. The van der Waals surface area contributed by atoms with Crippen LogP contribution in [0.5, 0.6) is 0 Å². The van der Waals surface area contributed by atoms with E-state index in [0.717, 1.165) is 0 Å². The minimum Gasteiger partial charge on any atom is -0.377 e. The van der Waals surface area contributed by atoms with Crippen LogP contribution < -0.4 is 0 Å². The van der Waals surface area contributed by atoms with E-state index in [1.165, 1.54) is 12.1 Å². The van der Waals surface area contributed by atoms with Crippen molar-refractivity contribution in [3.05, 3.63) is 23.0 Å². The molecular weight excluding hydrogens is 245 g/mol. The third kappa shape index (κ3) is 2.40. The number of hydrogen-bond acceptors (Lipinski definition) is 3. The van der Waals surface area contributed by atoms with Crippen molar-refractivity contribution in [3.8, 4) is 0 Å². The van der Waals surface area contributed by atoms with Crippen LogP contribution in [0.2, 0.25) is 5.02 Å². The molecule has 2 aromatic rings. The van der Waals surface area contributed by atoms with Gasteiger partial charge in [0.1, 0.15) is 11.3 Å². The third-order valence-electron chi connectivity index (χ3n) is 2.64. The third-order valence-corrected chi connectivity index (χ3v) is 2.93. The molecule has 0 fully saturated rings. The number of rotatable bonds is 3. The summed E-state index contributed by atoms with van der Waals surface area (Å²) in [6.07, 6.45) is 0. The first kappa shape index (κ1) is 12.3. The Bertz CT molecular complexity index is 553. The highest BCUT2D eigenvalue weighted by atomic mass is 35.5. The Kier molecular flexibility index (Phi) is 3.05. The van der Waals surface area contributed by atoms with E-state index in [1.807, 2.05) is 13.8 Å². The summed E-state index contributed by atoms with van der Waals surface area (Å²) in [6.45, 7) is 4.33. The lowest BCUT2D eigenvalue weighted by atomic mass is 10.1. The van der Waals surface area contributed by atoms with Crippen LogP contribution >= 0.6 is 11.6 Å². The molecule has 0 aliphatic rings. The van der Waals surface area contributed by atoms with Gasteiger partial charge in [0, 0.05) is 13.2 Å². The molecule has 92 valence electrons. The molecule has 2 rings (SSSR count). The minimum atomic E-state index is -0.474. The summed E-state index contributed by atoms with van der Waals surface area (Å²) in [7, 11) is 1.62. The van der Waals surface area contributed by atoms with Gasteiger partial charge in [-0.05, 0) is 19.9 Å². The second kappa shape index (κ2) is 4.23. The van der Waals surface area contributed by atoms with Crippen molar-refractivity contribution in [1.82, 2.24) is 15.0 Å². The van der Waals surface area contributed by atoms with E-state index in [0.29, 0.717) is 17.6 Å². The summed E-state index contributed by atoms with van der Waals surface area (Å²) in [5.74, 6) is -0.474. The SMILES string of the molecule is COC(C)(C)Cn1nnc2cc(Cl)c(F)cc21. The number of halogens is 2. The van der Waals surface area contributed by atoms with Crippen LogP contribution in [-0.2, 0) is 11.3 Å². The molecule has 1 aromatic heterocycles. The second-order valence-corrected chi connectivity index (χ2v) is 4.87. The summed E-state index contributed by atoms with van der Waals surface area (Å²) >= 11 is 5.68. The van der Waals surface area contributed by atoms with Gasteiger partial charge in [-0.25, -0.2) is 9.07 Å². The number of hydrogen-bond donors (Lipinski definition) is 0. The number of fused-ring (bicyclic) bond motifs is 1. The number of nitrogens with zero attached hydrogens (tertiary/aromatic N) is 3. The quantitative estimate of drug-likeness (QED) is 0.849. The lowest BCUT2D eigenvalue weighted by Crippen LogP contribution is -2.29. The molecule has 0 spiro atoms. The van der Waals surface area contributed by atoms with Crippen molar-refractivity contribution in [2.45, 2.75) is 26.0 Å². The van der Waals surface area contributed by atoms with Gasteiger partial charge < -0.3 is 4.74 Å². The molecule has 6 heteroatoms. The first-order valence-corrected chi connectivity index (χ1v) is 5.54. The van der Waals surface area contributed by atoms with E-state index in [4.69, 9.17) is 16.3 Å². The van der Waals surface area contributed by atoms with Crippen molar-refractivity contribution < 1.29 is 9.13 Å². The second-order valence-electron chi connectivity index (χ2n) is 4.47. The zero-order chi connectivity index (χ0) is 12.6. The predicted octanol–water partition coefficient (Wildman–Crippen LogP) is 2.65. The Morgan fingerprint density at radius 3 is 2.82 bits per heavy atom. The molecule has 0 aliphatic carbocycles. The summed E-state index contributed by atoms with van der Waals surface area (Å²) < 4.78 is 20.3. The predicted molar refractivity (Wildman–Crippen MR) is 63.6 cm³/mol. The van der Waals surface area contributed by atoms with Crippen LogP contribution in [0.3, 0.4) is 0 Å². The zero-order valence-corrected chi connectivity index (χ0v) is 10.6. The maximum Gasteiger partial charge on any atom is 0.144 e. The molecule has 0 N–H and O–H groups in total. The van der Waals surface area contributed by atoms with Crippen LogP contribution in [-0.4, -0.2) is 27.7 Å². The molecule has 0 saturated carbocycles. The van der Waals surface area contributed by atoms with Gasteiger partial charge in [0.15, 0.2) is 0 Å². The molecular formula is C11H13ClFN3O. The van der Waals surface area contributed by atoms with E-state index in [2.05, 4.69) is 10.3 Å². The summed E-state index contributed by atoms with van der Waals surface area (Å²) in [4.78, 5) is 0. The molecule has 17 heavy (non-hydrogen) atoms. The number of aromatic nitrogens is 3. The van der Waals surface area contributed by atoms with Crippen LogP contribution in [0.15, 0.2) is 12.1 Å². The van der Waals surface area contributed by atoms with Crippen molar-refractivity contribution in [3.63, 3.8) is 0 Å². The number of methoxy groups -OCH3 is 1. The van der Waals surface area contributed by atoms with Crippen molar-refractivity contribution in [2.24, 2.45) is 0 Å². The van der Waals surface area contributed by atoms with Crippen molar-refractivity contribution in [1.29, 1.82) is 0 Å². The maximum absolute atomic E-state index is 13.4. The van der Waals surface area contributed by atoms with E-state index < -0.39 is 11.4 Å². The molecule has 0 radical (unpaired) electrons. The summed E-state index contributed by atoms with van der Waals surface area (Å²) in [6, 6.07) is 2.80. The van der Waals surface area contributed by atoms with Gasteiger partial charge in [-0.15, -0.1) is 5.10 Å². The standard InChI is InChI=1S/C11H13ClFN3O/c1-11(2,17-3)6-16-10-5-8(13)7(12)4-9(10)14-15-16/h4-5H,6H2,1-3H3. The van der Waals surface area contributed by atoms with Crippen LogP contribution in [0.1, 0.15) is 13.8 Å². The van der Waals surface area contributed by atoms with Crippen LogP contribution in [0, 0.1) is 5.82 Å². The van der Waals surface area contributed by atoms with Crippen molar-refractivity contribution >= 4 is 22.6 Å². The van der Waals surface area contributed by atoms with Crippen LogP contribution in [0.4, 0.5) is 4.39 Å². The van der Waals surface area contributed by atoms with Gasteiger partial charge in [-0.1, -0.05) is 16.8 Å². The highest BCUT2D eigenvalue weighted by Gasteiger charge is 2.20. The van der Waals surface area contributed by atoms with Gasteiger partial charge >= 0.3 is 0 Å². The van der Waals surface area contributed by atoms with Gasteiger partial charge in [0.2, 0.25) is 0 Å². The molecule has 1 aromatic carbocycles. The Morgan fingerprint density at radius 2 is 2.18 bits per heavy atom. The molecule has 0 aliphatic heterocycles. The lowest BCUT2D eigenvalue weighted by Gasteiger charge is -2.22. The van der Waals surface area contributed by atoms with Gasteiger partial charge in [-0.2, -0.15) is 0 Å². The lowest BCUT2D eigenvalue weighted by molar-refractivity contribution is 0.00600. The average molecular weight is 258 g/mol. The molecule has 0 unspecified atom stereocenters. The molecule has 0 bridgehead atoms. The largest absolute Gasteiger partial charge is 0.377 e. The highest BCUT2D eigenvalue weighted by Crippen LogP contribution is 2.22. The van der Waals surface area contributed by atoms with Crippen molar-refractivity contribution in [2.75, 3.05) is 7.11 Å². The Balaban J connectivity index is 2.46. The van der Waals surface area contributed by atoms with Gasteiger partial charge in [0.05, 0.1) is 22.7 Å². The monoisotopic (exact) mass is 257 g/mol. The number of ether oxygens (including phenoxy) is 1. The molecule has 0 atom stereocenters. The molecule has 0 amide bonds.